The van der Waals surface area contributed by atoms with Crippen molar-refractivity contribution >= 4 is 0 Å². The van der Waals surface area contributed by atoms with Crippen LogP contribution < -0.4 is 0 Å². The molecule has 144 valence electrons. The van der Waals surface area contributed by atoms with Crippen LogP contribution in [-0.4, -0.2) is 0 Å². The third kappa shape index (κ3) is 13.3. The Morgan fingerprint density at radius 1 is 0.542 bits per heavy atom. The van der Waals surface area contributed by atoms with E-state index in [1.165, 1.54) is 44.9 Å². The number of hydrogen-bond donors (Lipinski definition) is 0. The maximum atomic E-state index is 4.14. The molecule has 24 heavy (non-hydrogen) atoms. The Hall–Kier alpha value is 0. The van der Waals surface area contributed by atoms with Crippen LogP contribution in [0.1, 0.15) is 100 Å². The van der Waals surface area contributed by atoms with Gasteiger partial charge in [0.25, 0.3) is 0 Å². The fourth-order valence-electron chi connectivity index (χ4n) is 5.10. The van der Waals surface area contributed by atoms with Gasteiger partial charge in [0.05, 0.1) is 0 Å². The van der Waals surface area contributed by atoms with Crippen LogP contribution in [0.15, 0.2) is 0 Å². The van der Waals surface area contributed by atoms with Gasteiger partial charge in [-0.05, 0) is 92.8 Å². The van der Waals surface area contributed by atoms with Crippen molar-refractivity contribution in [1.82, 2.24) is 0 Å². The summed E-state index contributed by atoms with van der Waals surface area (Å²) in [6.45, 7) is 23.2. The lowest BCUT2D eigenvalue weighted by Crippen LogP contribution is -2.13. The van der Waals surface area contributed by atoms with Crippen molar-refractivity contribution in [3.8, 4) is 0 Å². The molecule has 7 atom stereocenters. The molecule has 0 nitrogen and oxygen atoms in total. The van der Waals surface area contributed by atoms with E-state index in [1.807, 2.05) is 0 Å². The summed E-state index contributed by atoms with van der Waals surface area (Å²) in [6.07, 6.45) is 11.8. The Labute approximate surface area is 155 Å². The minimum Gasteiger partial charge on any atom is -0.0625 e. The molecule has 0 aliphatic rings. The maximum absolute atomic E-state index is 4.14. The first-order valence-electron chi connectivity index (χ1n) is 10.7. The van der Waals surface area contributed by atoms with Gasteiger partial charge in [-0.15, -0.1) is 0 Å². The van der Waals surface area contributed by atoms with E-state index in [2.05, 4.69) is 68.7 Å². The summed E-state index contributed by atoms with van der Waals surface area (Å²) in [5, 5.41) is 0. The van der Waals surface area contributed by atoms with Crippen LogP contribution in [0, 0.1) is 54.8 Å². The number of rotatable bonds is 14. The average Bonchev–Trinajstić information content (AvgIpc) is 2.35. The van der Waals surface area contributed by atoms with E-state index in [-0.39, 0.29) is 0 Å². The zero-order valence-electron chi connectivity index (χ0n) is 18.3. The predicted molar refractivity (Wildman–Crippen MR) is 112 cm³/mol. The van der Waals surface area contributed by atoms with Gasteiger partial charge < -0.3 is 0 Å². The molecule has 0 fully saturated rings. The third-order valence-corrected chi connectivity index (χ3v) is 5.47. The molecule has 0 aromatic carbocycles. The molecule has 0 heterocycles. The third-order valence-electron chi connectivity index (χ3n) is 5.47. The van der Waals surface area contributed by atoms with Crippen molar-refractivity contribution < 1.29 is 0 Å². The van der Waals surface area contributed by atoms with Gasteiger partial charge in [-0.3, -0.25) is 0 Å². The van der Waals surface area contributed by atoms with Gasteiger partial charge in [0.1, 0.15) is 0 Å². The Bertz CT molecular complexity index is 280. The smallest absolute Gasteiger partial charge is 0.0414 e. The van der Waals surface area contributed by atoms with Crippen LogP contribution in [0.25, 0.3) is 0 Å². The standard InChI is InChI=1S/C24H48/c1-10-11-19(4)13-21(6)15-23(8)17-24(9)16-22(7)14-20(5)12-18(2)3/h10,18-24H,2,11-17H2,1,3-9H3. The van der Waals surface area contributed by atoms with Crippen molar-refractivity contribution in [2.24, 2.45) is 41.4 Å². The average molecular weight is 337 g/mol. The lowest BCUT2D eigenvalue weighted by molar-refractivity contribution is 0.267. The first kappa shape index (κ1) is 24.0. The summed E-state index contributed by atoms with van der Waals surface area (Å²) in [4.78, 5) is 0. The second-order valence-electron chi connectivity index (χ2n) is 9.79. The van der Waals surface area contributed by atoms with E-state index >= 15 is 0 Å². The topological polar surface area (TPSA) is 0 Å². The molecular formula is C24H48. The van der Waals surface area contributed by atoms with Crippen LogP contribution in [-0.2, 0) is 0 Å². The van der Waals surface area contributed by atoms with Crippen LogP contribution in [0.2, 0.25) is 0 Å². The fourth-order valence-corrected chi connectivity index (χ4v) is 5.10. The van der Waals surface area contributed by atoms with E-state index in [0.717, 1.165) is 35.5 Å². The van der Waals surface area contributed by atoms with Crippen LogP contribution in [0.4, 0.5) is 0 Å². The van der Waals surface area contributed by atoms with Crippen LogP contribution >= 0.6 is 0 Å². The molecule has 0 bridgehead atoms. The van der Waals surface area contributed by atoms with E-state index in [1.54, 1.807) is 0 Å². The maximum Gasteiger partial charge on any atom is -0.0414 e. The van der Waals surface area contributed by atoms with Gasteiger partial charge in [-0.25, -0.2) is 0 Å². The molecule has 0 saturated heterocycles. The summed E-state index contributed by atoms with van der Waals surface area (Å²) in [5.74, 6) is 5.75. The highest BCUT2D eigenvalue weighted by atomic mass is 14.2. The molecule has 0 aliphatic carbocycles. The van der Waals surface area contributed by atoms with Crippen LogP contribution in [0.3, 0.4) is 0 Å². The lowest BCUT2D eigenvalue weighted by Gasteiger charge is -2.25. The predicted octanol–water partition coefficient (Wildman–Crippen LogP) is 8.23. The fraction of sp³-hybridized carbons (Fsp3) is 0.917. The highest BCUT2D eigenvalue weighted by molar-refractivity contribution is 4.71. The lowest BCUT2D eigenvalue weighted by atomic mass is 9.81. The summed E-state index contributed by atoms with van der Waals surface area (Å²) >= 11 is 0. The minimum absolute atomic E-state index is 0.596. The van der Waals surface area contributed by atoms with Gasteiger partial charge >= 0.3 is 0 Å². The molecule has 7 unspecified atom stereocenters. The molecule has 0 N–H and O–H groups in total. The van der Waals surface area contributed by atoms with Crippen molar-refractivity contribution in [2.75, 3.05) is 0 Å². The molecule has 0 heteroatoms. The molecule has 0 rings (SSSR count). The summed E-state index contributed by atoms with van der Waals surface area (Å²) in [6, 6.07) is 0. The normalized spacial score (nSPS) is 19.8. The molecule has 0 spiro atoms. The number of hydrogen-bond acceptors (Lipinski definition) is 0. The van der Waals surface area contributed by atoms with Crippen molar-refractivity contribution in [3.63, 3.8) is 0 Å². The summed E-state index contributed by atoms with van der Waals surface area (Å²) in [7, 11) is 0. The molecule has 0 aliphatic heterocycles. The minimum atomic E-state index is 0.596. The van der Waals surface area contributed by atoms with Crippen molar-refractivity contribution in [1.29, 1.82) is 0 Å². The molecule has 0 amide bonds. The second-order valence-corrected chi connectivity index (χ2v) is 9.79. The largest absolute Gasteiger partial charge is 0.0625 e. The molecule has 2 radical (unpaired) electrons. The van der Waals surface area contributed by atoms with Gasteiger partial charge in [-0.1, -0.05) is 62.3 Å². The molecule has 0 aromatic heterocycles. The monoisotopic (exact) mass is 336 g/mol. The van der Waals surface area contributed by atoms with Gasteiger partial charge in [0.15, 0.2) is 0 Å². The summed E-state index contributed by atoms with van der Waals surface area (Å²) < 4.78 is 0. The molecule has 0 saturated carbocycles. The van der Waals surface area contributed by atoms with E-state index in [0.29, 0.717) is 5.92 Å². The van der Waals surface area contributed by atoms with E-state index in [9.17, 15) is 0 Å². The first-order chi connectivity index (χ1) is 11.1. The van der Waals surface area contributed by atoms with Crippen molar-refractivity contribution in [3.05, 3.63) is 13.3 Å². The Kier molecular flexibility index (Phi) is 13.2. The summed E-state index contributed by atoms with van der Waals surface area (Å²) in [5.41, 5.74) is 0. The van der Waals surface area contributed by atoms with Gasteiger partial charge in [-0.2, -0.15) is 0 Å². The van der Waals surface area contributed by atoms with E-state index < -0.39 is 0 Å². The van der Waals surface area contributed by atoms with Gasteiger partial charge in [0.2, 0.25) is 0 Å². The SMILES string of the molecule is [CH2]C(C)CC(C)CC(C)CC(C)CC(C)CC(C)CC(C)C[CH]C. The Morgan fingerprint density at radius 3 is 1.12 bits per heavy atom. The Morgan fingerprint density at radius 2 is 0.833 bits per heavy atom. The highest BCUT2D eigenvalue weighted by Gasteiger charge is 2.17. The van der Waals surface area contributed by atoms with Crippen molar-refractivity contribution in [2.45, 2.75) is 100 Å². The molecular weight excluding hydrogens is 288 g/mol. The van der Waals surface area contributed by atoms with Gasteiger partial charge in [0, 0.05) is 0 Å². The zero-order chi connectivity index (χ0) is 18.7. The zero-order valence-corrected chi connectivity index (χ0v) is 18.3. The Balaban J connectivity index is 4.01. The highest BCUT2D eigenvalue weighted by Crippen LogP contribution is 2.29. The first-order valence-corrected chi connectivity index (χ1v) is 10.7. The van der Waals surface area contributed by atoms with Crippen LogP contribution in [0.5, 0.6) is 0 Å². The second kappa shape index (κ2) is 13.2. The molecule has 0 aromatic rings. The quantitative estimate of drug-likeness (QED) is 0.299. The van der Waals surface area contributed by atoms with E-state index in [4.69, 9.17) is 0 Å².